The van der Waals surface area contributed by atoms with Crippen LogP contribution in [0.5, 0.6) is 0 Å². The van der Waals surface area contributed by atoms with Gasteiger partial charge in [-0.2, -0.15) is 5.26 Å². The van der Waals surface area contributed by atoms with Crippen molar-refractivity contribution in [2.75, 3.05) is 13.1 Å². The quantitative estimate of drug-likeness (QED) is 0.534. The molecule has 28 heavy (non-hydrogen) atoms. The topological polar surface area (TPSA) is 69.0 Å². The second-order valence-corrected chi connectivity index (χ2v) is 6.68. The molecule has 1 N–H and O–H groups in total. The van der Waals surface area contributed by atoms with E-state index in [0.29, 0.717) is 0 Å². The molecule has 2 aromatic rings. The van der Waals surface area contributed by atoms with Gasteiger partial charge in [0.05, 0.1) is 6.04 Å². The van der Waals surface area contributed by atoms with Gasteiger partial charge in [0.2, 0.25) is 0 Å². The number of nitriles is 1. The van der Waals surface area contributed by atoms with E-state index >= 15 is 0 Å². The van der Waals surface area contributed by atoms with E-state index in [1.54, 1.807) is 18.6 Å². The van der Waals surface area contributed by atoms with Crippen LogP contribution in [-0.2, 0) is 17.6 Å². The summed E-state index contributed by atoms with van der Waals surface area (Å²) in [5.74, 6) is -0.350. The van der Waals surface area contributed by atoms with Crippen molar-refractivity contribution in [3.8, 4) is 6.07 Å². The zero-order valence-electron chi connectivity index (χ0n) is 16.9. The van der Waals surface area contributed by atoms with Crippen LogP contribution in [-0.4, -0.2) is 28.9 Å². The maximum absolute atomic E-state index is 12.6. The molecule has 5 nitrogen and oxygen atoms in total. The van der Waals surface area contributed by atoms with Gasteiger partial charge in [0, 0.05) is 31.7 Å². The van der Waals surface area contributed by atoms with Gasteiger partial charge in [-0.25, -0.2) is 0 Å². The van der Waals surface area contributed by atoms with Crippen molar-refractivity contribution in [2.45, 2.75) is 39.7 Å². The molecule has 1 atom stereocenters. The summed E-state index contributed by atoms with van der Waals surface area (Å²) in [5.41, 5.74) is 3.57. The fraction of sp³-hybridized carbons (Fsp3) is 0.348. The molecular weight excluding hydrogens is 348 g/mol. The first-order chi connectivity index (χ1) is 13.6. The smallest absolute Gasteiger partial charge is 0.263 e. The highest BCUT2D eigenvalue weighted by molar-refractivity contribution is 5.97. The van der Waals surface area contributed by atoms with Crippen LogP contribution in [0.2, 0.25) is 0 Å². The van der Waals surface area contributed by atoms with Crippen LogP contribution >= 0.6 is 0 Å². The van der Waals surface area contributed by atoms with Crippen LogP contribution in [0.25, 0.3) is 0 Å². The molecule has 0 fully saturated rings. The van der Waals surface area contributed by atoms with E-state index < -0.39 is 0 Å². The Labute approximate surface area is 167 Å². The lowest BCUT2D eigenvalue weighted by molar-refractivity contribution is -0.117. The highest BCUT2D eigenvalue weighted by Crippen LogP contribution is 2.14. The normalized spacial score (nSPS) is 12.1. The summed E-state index contributed by atoms with van der Waals surface area (Å²) in [4.78, 5) is 18.6. The number of aryl methyl sites for hydroxylation is 1. The number of nitrogens with zero attached hydrogens (tertiary/aromatic N) is 3. The molecule has 1 heterocycles. The molecule has 0 aliphatic carbocycles. The van der Waals surface area contributed by atoms with Gasteiger partial charge in [0.15, 0.2) is 0 Å². The van der Waals surface area contributed by atoms with Crippen LogP contribution in [0.15, 0.2) is 60.6 Å². The lowest BCUT2D eigenvalue weighted by atomic mass is 10.0. The minimum absolute atomic E-state index is 0.119. The van der Waals surface area contributed by atoms with E-state index in [0.717, 1.165) is 31.5 Å². The van der Waals surface area contributed by atoms with Crippen LogP contribution in [0.3, 0.4) is 0 Å². The number of likely N-dealkylation sites (N-methyl/N-ethyl adjacent to an activating group) is 1. The molecule has 2 rings (SSSR count). The Morgan fingerprint density at radius 1 is 1.18 bits per heavy atom. The third-order valence-electron chi connectivity index (χ3n) is 4.76. The fourth-order valence-electron chi connectivity index (χ4n) is 2.86. The first-order valence-corrected chi connectivity index (χ1v) is 9.71. The number of hydrogen-bond donors (Lipinski definition) is 1. The van der Waals surface area contributed by atoms with Gasteiger partial charge in [-0.05, 0) is 55.5 Å². The lowest BCUT2D eigenvalue weighted by Crippen LogP contribution is -2.29. The number of amides is 1. The van der Waals surface area contributed by atoms with E-state index in [1.807, 2.05) is 49.1 Å². The molecule has 0 saturated carbocycles. The van der Waals surface area contributed by atoms with Crippen molar-refractivity contribution < 1.29 is 4.79 Å². The summed E-state index contributed by atoms with van der Waals surface area (Å²) >= 11 is 0. The average molecular weight is 377 g/mol. The fourth-order valence-corrected chi connectivity index (χ4v) is 2.86. The number of carbonyl (C=O) groups excluding carboxylic acids is 1. The Hall–Kier alpha value is -3.13. The maximum atomic E-state index is 12.6. The molecule has 146 valence electrons. The van der Waals surface area contributed by atoms with E-state index in [1.165, 1.54) is 11.1 Å². The summed E-state index contributed by atoms with van der Waals surface area (Å²) < 4.78 is 0. The molecule has 1 amide bonds. The Balaban J connectivity index is 2.00. The van der Waals surface area contributed by atoms with Crippen molar-refractivity contribution in [1.82, 2.24) is 15.2 Å². The Kier molecular flexibility index (Phi) is 8.23. The van der Waals surface area contributed by atoms with Gasteiger partial charge in [0.25, 0.3) is 5.91 Å². The zero-order valence-corrected chi connectivity index (χ0v) is 16.9. The SMILES string of the molecule is CCc1ccc(C(C)NC(=O)/C(C#N)=C\N(CC)CCc2ccncc2)cc1. The number of nitrogens with one attached hydrogen (secondary N) is 1. The first kappa shape index (κ1) is 21.2. The molecular formula is C23H28N4O. The number of pyridine rings is 1. The number of carbonyl (C=O) groups is 1. The standard InChI is InChI=1S/C23H28N4O/c1-4-19-6-8-21(9-7-19)18(3)26-23(28)22(16-24)17-27(5-2)15-12-20-10-13-25-14-11-20/h6-11,13-14,17-18H,4-5,12,15H2,1-3H3,(H,26,28)/b22-17-. The van der Waals surface area contributed by atoms with Crippen LogP contribution in [0, 0.1) is 11.3 Å². The van der Waals surface area contributed by atoms with E-state index in [-0.39, 0.29) is 17.5 Å². The monoisotopic (exact) mass is 376 g/mol. The Morgan fingerprint density at radius 3 is 2.43 bits per heavy atom. The molecule has 0 spiro atoms. The second-order valence-electron chi connectivity index (χ2n) is 6.68. The molecule has 5 heteroatoms. The van der Waals surface area contributed by atoms with E-state index in [2.05, 4.69) is 29.4 Å². The predicted octanol–water partition coefficient (Wildman–Crippen LogP) is 3.79. The van der Waals surface area contributed by atoms with Crippen molar-refractivity contribution in [3.05, 3.63) is 77.3 Å². The second kappa shape index (κ2) is 10.9. The van der Waals surface area contributed by atoms with E-state index in [9.17, 15) is 10.1 Å². The molecule has 0 radical (unpaired) electrons. The van der Waals surface area contributed by atoms with Gasteiger partial charge in [-0.15, -0.1) is 0 Å². The number of aromatic nitrogens is 1. The summed E-state index contributed by atoms with van der Waals surface area (Å²) in [6.07, 6.45) is 7.00. The number of rotatable bonds is 9. The van der Waals surface area contributed by atoms with Gasteiger partial charge < -0.3 is 10.2 Å². The van der Waals surface area contributed by atoms with Gasteiger partial charge in [-0.1, -0.05) is 31.2 Å². The Morgan fingerprint density at radius 2 is 1.86 bits per heavy atom. The van der Waals surface area contributed by atoms with Crippen molar-refractivity contribution >= 4 is 5.91 Å². The van der Waals surface area contributed by atoms with Gasteiger partial charge >= 0.3 is 0 Å². The Bertz CT molecular complexity index is 822. The highest BCUT2D eigenvalue weighted by Gasteiger charge is 2.15. The zero-order chi connectivity index (χ0) is 20.4. The molecule has 0 aliphatic heterocycles. The summed E-state index contributed by atoms with van der Waals surface area (Å²) in [5, 5.41) is 12.4. The molecule has 1 unspecified atom stereocenters. The first-order valence-electron chi connectivity index (χ1n) is 9.71. The average Bonchev–Trinajstić information content (AvgIpc) is 2.74. The van der Waals surface area contributed by atoms with E-state index in [4.69, 9.17) is 0 Å². The van der Waals surface area contributed by atoms with Crippen LogP contribution in [0.4, 0.5) is 0 Å². The summed E-state index contributed by atoms with van der Waals surface area (Å²) in [6, 6.07) is 14.0. The number of hydrogen-bond acceptors (Lipinski definition) is 4. The summed E-state index contributed by atoms with van der Waals surface area (Å²) in [7, 11) is 0. The molecule has 1 aromatic heterocycles. The number of benzene rings is 1. The van der Waals surface area contributed by atoms with Crippen molar-refractivity contribution in [3.63, 3.8) is 0 Å². The molecule has 1 aromatic carbocycles. The van der Waals surface area contributed by atoms with Gasteiger partial charge in [-0.3, -0.25) is 9.78 Å². The maximum Gasteiger partial charge on any atom is 0.263 e. The molecule has 0 bridgehead atoms. The third kappa shape index (κ3) is 6.24. The van der Waals surface area contributed by atoms with Crippen molar-refractivity contribution in [2.24, 2.45) is 0 Å². The van der Waals surface area contributed by atoms with Crippen LogP contribution in [0.1, 0.15) is 43.5 Å². The molecule has 0 saturated heterocycles. The van der Waals surface area contributed by atoms with Gasteiger partial charge in [0.1, 0.15) is 11.6 Å². The molecule has 0 aliphatic rings. The lowest BCUT2D eigenvalue weighted by Gasteiger charge is -2.19. The highest BCUT2D eigenvalue weighted by atomic mass is 16.1. The minimum atomic E-state index is -0.350. The van der Waals surface area contributed by atoms with Crippen LogP contribution < -0.4 is 5.32 Å². The third-order valence-corrected chi connectivity index (χ3v) is 4.76. The summed E-state index contributed by atoms with van der Waals surface area (Å²) in [6.45, 7) is 7.49. The largest absolute Gasteiger partial charge is 0.376 e. The predicted molar refractivity (Wildman–Crippen MR) is 111 cm³/mol. The van der Waals surface area contributed by atoms with Crippen molar-refractivity contribution in [1.29, 1.82) is 5.26 Å². The minimum Gasteiger partial charge on any atom is -0.376 e.